The third-order valence-electron chi connectivity index (χ3n) is 10.8. The number of nitrogens with zero attached hydrogens (tertiary/aromatic N) is 2. The number of benzene rings is 8. The van der Waals surface area contributed by atoms with Gasteiger partial charge in [0.05, 0.1) is 16.7 Å². The number of aromatic nitrogens is 2. The van der Waals surface area contributed by atoms with E-state index in [1.165, 1.54) is 48.6 Å². The second-order valence-corrected chi connectivity index (χ2v) is 17.8. The van der Waals surface area contributed by atoms with E-state index >= 15 is 0 Å². The number of fused-ring (bicyclic) bond motifs is 5. The van der Waals surface area contributed by atoms with Gasteiger partial charge in [0.1, 0.15) is 6.61 Å². The smallest absolute Gasteiger partial charge is 0.302 e. The van der Waals surface area contributed by atoms with Crippen LogP contribution in [-0.2, 0) is 6.61 Å². The molecule has 8 aromatic carbocycles. The second-order valence-electron chi connectivity index (χ2n) is 13.9. The van der Waals surface area contributed by atoms with Crippen LogP contribution >= 0.6 is 0 Å². The number of imidazole rings is 1. The highest BCUT2D eigenvalue weighted by Gasteiger charge is 2.42. The fraction of sp³-hybridized carbons (Fsp3) is 0.0200. The van der Waals surface area contributed by atoms with Crippen molar-refractivity contribution in [2.75, 3.05) is 0 Å². The normalized spacial score (nSPS) is 12.1. The summed E-state index contributed by atoms with van der Waals surface area (Å²) in [5.74, 6) is 0. The molecule has 9 aromatic rings. The summed E-state index contributed by atoms with van der Waals surface area (Å²) in [6, 6.07) is 76.2. The lowest BCUT2D eigenvalue weighted by Crippen LogP contribution is -2.74. The fourth-order valence-corrected chi connectivity index (χ4v) is 13.1. The minimum Gasteiger partial charge on any atom is -0.459 e. The van der Waals surface area contributed by atoms with Crippen molar-refractivity contribution in [3.8, 4) is 45.1 Å². The number of rotatable bonds is 7. The van der Waals surface area contributed by atoms with Crippen LogP contribution in [0.2, 0.25) is 0 Å². The predicted molar refractivity (Wildman–Crippen MR) is 225 cm³/mol. The molecule has 0 N–H and O–H groups in total. The van der Waals surface area contributed by atoms with E-state index in [-0.39, 0.29) is 0 Å². The molecule has 0 amide bonds. The van der Waals surface area contributed by atoms with E-state index < -0.39 is 8.07 Å². The van der Waals surface area contributed by atoms with Gasteiger partial charge in [-0.2, -0.15) is 4.98 Å². The summed E-state index contributed by atoms with van der Waals surface area (Å²) in [6.45, 7) is 0.525. The Kier molecular flexibility index (Phi) is 7.89. The van der Waals surface area contributed by atoms with Crippen LogP contribution in [0, 0.1) is 0 Å². The van der Waals surface area contributed by atoms with Crippen LogP contribution in [0.3, 0.4) is 0 Å². The maximum absolute atomic E-state index is 6.13. The first-order valence-electron chi connectivity index (χ1n) is 18.5. The monoisotopic (exact) mass is 708 g/mol. The molecule has 0 fully saturated rings. The molecule has 54 heavy (non-hydrogen) atoms. The third kappa shape index (κ3) is 5.39. The molecule has 0 saturated carbocycles. The first-order chi connectivity index (χ1) is 26.8. The Morgan fingerprint density at radius 3 is 1.57 bits per heavy atom. The van der Waals surface area contributed by atoms with Gasteiger partial charge in [-0.25, -0.2) is 0 Å². The molecule has 256 valence electrons. The summed E-state index contributed by atoms with van der Waals surface area (Å²) in [5.41, 5.74) is 11.4. The minimum absolute atomic E-state index is 0.525. The predicted octanol–water partition coefficient (Wildman–Crippen LogP) is 9.30. The van der Waals surface area contributed by atoms with Crippen LogP contribution in [0.15, 0.2) is 206 Å². The number of hydrogen-bond donors (Lipinski definition) is 0. The van der Waals surface area contributed by atoms with Gasteiger partial charge in [0.2, 0.25) is 0 Å². The molecule has 0 spiro atoms. The number of ether oxygens (including phenoxy) is 1. The van der Waals surface area contributed by atoms with Crippen molar-refractivity contribution in [3.05, 3.63) is 212 Å². The maximum Gasteiger partial charge on any atom is 0.302 e. The van der Waals surface area contributed by atoms with Crippen LogP contribution in [0.25, 0.3) is 50.1 Å². The van der Waals surface area contributed by atoms with Crippen molar-refractivity contribution in [1.82, 2.24) is 9.55 Å². The van der Waals surface area contributed by atoms with Crippen molar-refractivity contribution in [2.24, 2.45) is 0 Å². The van der Waals surface area contributed by atoms with Gasteiger partial charge < -0.3 is 4.74 Å². The van der Waals surface area contributed by atoms with E-state index in [2.05, 4.69) is 211 Å². The summed E-state index contributed by atoms with van der Waals surface area (Å²) < 4.78 is 8.29. The zero-order valence-electron chi connectivity index (χ0n) is 29.6. The molecular weight excluding hydrogens is 673 g/mol. The molecule has 10 rings (SSSR count). The molecule has 1 aliphatic rings. The zero-order chi connectivity index (χ0) is 35.9. The van der Waals surface area contributed by atoms with Crippen LogP contribution in [-0.4, -0.2) is 17.6 Å². The Morgan fingerprint density at radius 1 is 0.407 bits per heavy atom. The van der Waals surface area contributed by atoms with Gasteiger partial charge in [-0.3, -0.25) is 4.57 Å². The molecule has 0 aliphatic carbocycles. The Hall–Kier alpha value is -6.75. The van der Waals surface area contributed by atoms with Crippen LogP contribution in [0.4, 0.5) is 0 Å². The van der Waals surface area contributed by atoms with E-state index in [1.807, 2.05) is 0 Å². The molecule has 3 nitrogen and oxygen atoms in total. The fourth-order valence-electron chi connectivity index (χ4n) is 8.30. The van der Waals surface area contributed by atoms with Crippen LogP contribution in [0.1, 0.15) is 5.56 Å². The molecule has 2 heterocycles. The van der Waals surface area contributed by atoms with Crippen molar-refractivity contribution >= 4 is 39.9 Å². The molecule has 1 aliphatic heterocycles. The van der Waals surface area contributed by atoms with Gasteiger partial charge in [-0.05, 0) is 78.4 Å². The number of hydrogen-bond acceptors (Lipinski definition) is 2. The van der Waals surface area contributed by atoms with Gasteiger partial charge in [0.25, 0.3) is 0 Å². The quantitative estimate of drug-likeness (QED) is 0.122. The van der Waals surface area contributed by atoms with Gasteiger partial charge in [-0.15, -0.1) is 0 Å². The van der Waals surface area contributed by atoms with Crippen LogP contribution < -0.4 is 25.5 Å². The minimum atomic E-state index is -2.94. The average molecular weight is 709 g/mol. The molecule has 0 unspecified atom stereocenters. The van der Waals surface area contributed by atoms with Crippen LogP contribution in [0.5, 0.6) is 6.01 Å². The first-order valence-corrected chi connectivity index (χ1v) is 20.5. The molecule has 0 radical (unpaired) electrons. The zero-order valence-corrected chi connectivity index (χ0v) is 30.6. The summed E-state index contributed by atoms with van der Waals surface area (Å²) >= 11 is 0. The Labute approximate surface area is 316 Å². The SMILES string of the molecule is c1ccc(-c2cc(-c3ccccc3)cc([Si](c3ccccc3)(c3ccccc3)c3cccc(-c4ccc5nc6n(c5c4)-c4ccccc4CO6)c3)c2)cc1. The standard InChI is InChI=1S/C50H36N2OSi/c1-5-16-36(17-6-1)41-30-42(37-18-7-2-8-19-37)33-46(32-41)54(43-22-9-3-10-23-43,44-24-11-4-12-25-44)45-26-15-21-38(31-45)39-28-29-47-49(34-39)52-48-27-14-13-20-40(48)35-53-50(52)51-47/h1-34H,35H2. The molecular formula is C50H36N2OSi. The topological polar surface area (TPSA) is 27.1 Å². The molecule has 0 saturated heterocycles. The van der Waals surface area contributed by atoms with Crippen molar-refractivity contribution in [2.45, 2.75) is 6.61 Å². The van der Waals surface area contributed by atoms with E-state index in [4.69, 9.17) is 9.72 Å². The summed E-state index contributed by atoms with van der Waals surface area (Å²) in [6.07, 6.45) is 0. The Bertz CT molecular complexity index is 2660. The van der Waals surface area contributed by atoms with Gasteiger partial charge >= 0.3 is 6.01 Å². The van der Waals surface area contributed by atoms with Crippen molar-refractivity contribution in [3.63, 3.8) is 0 Å². The molecule has 0 bridgehead atoms. The lowest BCUT2D eigenvalue weighted by Gasteiger charge is -2.35. The van der Waals surface area contributed by atoms with Crippen molar-refractivity contribution < 1.29 is 4.74 Å². The lowest BCUT2D eigenvalue weighted by atomic mass is 9.99. The van der Waals surface area contributed by atoms with E-state index in [1.54, 1.807) is 0 Å². The van der Waals surface area contributed by atoms with Gasteiger partial charge in [0, 0.05) is 5.56 Å². The van der Waals surface area contributed by atoms with Gasteiger partial charge in [0.15, 0.2) is 8.07 Å². The summed E-state index contributed by atoms with van der Waals surface area (Å²) in [5, 5.41) is 5.34. The van der Waals surface area contributed by atoms with Gasteiger partial charge in [-0.1, -0.05) is 182 Å². The lowest BCUT2D eigenvalue weighted by molar-refractivity contribution is 0.265. The van der Waals surface area contributed by atoms with E-state index in [0.717, 1.165) is 27.8 Å². The average Bonchev–Trinajstić information content (AvgIpc) is 3.64. The number of para-hydroxylation sites is 1. The highest BCUT2D eigenvalue weighted by atomic mass is 28.3. The Balaban J connectivity index is 1.23. The Morgan fingerprint density at radius 2 is 0.926 bits per heavy atom. The highest BCUT2D eigenvalue weighted by Crippen LogP contribution is 2.35. The van der Waals surface area contributed by atoms with Crippen molar-refractivity contribution in [1.29, 1.82) is 0 Å². The largest absolute Gasteiger partial charge is 0.459 e. The summed E-state index contributed by atoms with van der Waals surface area (Å²) in [4.78, 5) is 4.88. The maximum atomic E-state index is 6.13. The highest BCUT2D eigenvalue weighted by molar-refractivity contribution is 7.20. The molecule has 1 aromatic heterocycles. The third-order valence-corrected chi connectivity index (χ3v) is 15.6. The van der Waals surface area contributed by atoms with E-state index in [9.17, 15) is 0 Å². The first kappa shape index (κ1) is 31.9. The molecule has 0 atom stereocenters. The van der Waals surface area contributed by atoms with E-state index in [0.29, 0.717) is 12.6 Å². The summed E-state index contributed by atoms with van der Waals surface area (Å²) in [7, 11) is -2.94. The molecule has 4 heteroatoms. The second kappa shape index (κ2) is 13.3.